The molecule has 0 aliphatic carbocycles. The molecule has 2 rings (SSSR count). The van der Waals surface area contributed by atoms with Crippen molar-refractivity contribution in [1.29, 1.82) is 0 Å². The van der Waals surface area contributed by atoms with Crippen LogP contribution in [0.25, 0.3) is 0 Å². The van der Waals surface area contributed by atoms with E-state index in [1.54, 1.807) is 0 Å². The van der Waals surface area contributed by atoms with Crippen LogP contribution in [0.4, 0.5) is 5.69 Å². The third kappa shape index (κ3) is 2.71. The number of anilines is 1. The minimum absolute atomic E-state index is 0.246. The Kier molecular flexibility index (Phi) is 3.87. The molecule has 17 heavy (non-hydrogen) atoms. The second-order valence-electron chi connectivity index (χ2n) is 4.98. The molecule has 1 aromatic carbocycles. The molecule has 1 amide bonds. The number of rotatable bonds is 3. The lowest BCUT2D eigenvalue weighted by molar-refractivity contribution is -0.117. The fourth-order valence-electron chi connectivity index (χ4n) is 2.19. The largest absolute Gasteiger partial charge is 0.312 e. The second kappa shape index (κ2) is 5.21. The van der Waals surface area contributed by atoms with Crippen LogP contribution >= 0.6 is 15.9 Å². The van der Waals surface area contributed by atoms with Crippen molar-refractivity contribution in [2.45, 2.75) is 26.2 Å². The number of hydrogen-bond donors (Lipinski definition) is 0. The van der Waals surface area contributed by atoms with E-state index < -0.39 is 0 Å². The summed E-state index contributed by atoms with van der Waals surface area (Å²) in [4.78, 5) is 13.8. The number of benzene rings is 1. The Hall–Kier alpha value is -0.830. The zero-order valence-electron chi connectivity index (χ0n) is 10.3. The van der Waals surface area contributed by atoms with Crippen molar-refractivity contribution in [1.82, 2.24) is 0 Å². The minimum Gasteiger partial charge on any atom is -0.312 e. The Labute approximate surface area is 111 Å². The Bertz CT molecular complexity index is 416. The lowest BCUT2D eigenvalue weighted by Crippen LogP contribution is -2.24. The monoisotopic (exact) mass is 295 g/mol. The maximum Gasteiger partial charge on any atom is 0.227 e. The summed E-state index contributed by atoms with van der Waals surface area (Å²) in [5.41, 5.74) is 2.34. The van der Waals surface area contributed by atoms with Crippen LogP contribution in [-0.2, 0) is 4.79 Å². The van der Waals surface area contributed by atoms with Gasteiger partial charge >= 0.3 is 0 Å². The van der Waals surface area contributed by atoms with E-state index in [0.717, 1.165) is 17.6 Å². The Balaban J connectivity index is 2.22. The number of alkyl halides is 1. The topological polar surface area (TPSA) is 20.3 Å². The highest BCUT2D eigenvalue weighted by atomic mass is 79.9. The molecule has 1 unspecified atom stereocenters. The maximum absolute atomic E-state index is 11.9. The lowest BCUT2D eigenvalue weighted by Gasteiger charge is -2.18. The maximum atomic E-state index is 11.9. The molecule has 92 valence electrons. The molecule has 1 aliphatic heterocycles. The van der Waals surface area contributed by atoms with Crippen LogP contribution in [0.5, 0.6) is 0 Å². The fourth-order valence-corrected chi connectivity index (χ4v) is 2.62. The van der Waals surface area contributed by atoms with Crippen LogP contribution in [0.2, 0.25) is 0 Å². The van der Waals surface area contributed by atoms with Crippen molar-refractivity contribution in [3.63, 3.8) is 0 Å². The standard InChI is InChI=1S/C14H18BrNO/c1-10(2)12-4-3-5-13(7-12)16-9-11(8-15)6-14(16)17/h3-5,7,10-11H,6,8-9H2,1-2H3. The van der Waals surface area contributed by atoms with Gasteiger partial charge in [0.1, 0.15) is 0 Å². The lowest BCUT2D eigenvalue weighted by atomic mass is 10.0. The molecule has 0 saturated carbocycles. The van der Waals surface area contributed by atoms with E-state index in [1.807, 2.05) is 17.0 Å². The van der Waals surface area contributed by atoms with Crippen molar-refractivity contribution in [3.8, 4) is 0 Å². The SMILES string of the molecule is CC(C)c1cccc(N2CC(CBr)CC2=O)c1. The van der Waals surface area contributed by atoms with Crippen LogP contribution in [-0.4, -0.2) is 17.8 Å². The first-order chi connectivity index (χ1) is 8.11. The number of carbonyl (C=O) groups excluding carboxylic acids is 1. The normalized spacial score (nSPS) is 20.4. The molecule has 0 radical (unpaired) electrons. The Morgan fingerprint density at radius 2 is 2.24 bits per heavy atom. The third-order valence-corrected chi connectivity index (χ3v) is 4.19. The minimum atomic E-state index is 0.246. The molecule has 2 nitrogen and oxygen atoms in total. The first-order valence-corrected chi connectivity index (χ1v) is 7.20. The Morgan fingerprint density at radius 3 is 2.82 bits per heavy atom. The van der Waals surface area contributed by atoms with E-state index in [4.69, 9.17) is 0 Å². The third-order valence-electron chi connectivity index (χ3n) is 3.27. The van der Waals surface area contributed by atoms with Gasteiger partial charge in [-0.3, -0.25) is 4.79 Å². The molecule has 1 aromatic rings. The molecule has 1 saturated heterocycles. The van der Waals surface area contributed by atoms with Crippen molar-refractivity contribution < 1.29 is 4.79 Å². The predicted octanol–water partition coefficient (Wildman–Crippen LogP) is 3.56. The van der Waals surface area contributed by atoms with E-state index in [0.29, 0.717) is 18.3 Å². The highest BCUT2D eigenvalue weighted by Gasteiger charge is 2.29. The summed E-state index contributed by atoms with van der Waals surface area (Å²) in [6, 6.07) is 8.33. The van der Waals surface area contributed by atoms with Crippen LogP contribution in [0.3, 0.4) is 0 Å². The summed E-state index contributed by atoms with van der Waals surface area (Å²) in [7, 11) is 0. The van der Waals surface area contributed by atoms with Gasteiger partial charge in [0.15, 0.2) is 0 Å². The molecule has 0 spiro atoms. The van der Waals surface area contributed by atoms with E-state index in [9.17, 15) is 4.79 Å². The van der Waals surface area contributed by atoms with E-state index in [-0.39, 0.29) is 5.91 Å². The zero-order valence-corrected chi connectivity index (χ0v) is 11.9. The first kappa shape index (κ1) is 12.6. The molecule has 3 heteroatoms. The molecule has 1 aliphatic rings. The highest BCUT2D eigenvalue weighted by Crippen LogP contribution is 2.28. The van der Waals surface area contributed by atoms with Crippen molar-refractivity contribution >= 4 is 27.5 Å². The zero-order chi connectivity index (χ0) is 12.4. The summed E-state index contributed by atoms with van der Waals surface area (Å²) in [6.07, 6.45) is 0.664. The van der Waals surface area contributed by atoms with Crippen LogP contribution < -0.4 is 4.90 Å². The molecule has 1 heterocycles. The summed E-state index contributed by atoms with van der Waals surface area (Å²) in [5, 5.41) is 0.902. The second-order valence-corrected chi connectivity index (χ2v) is 5.63. The molecule has 0 aromatic heterocycles. The van der Waals surface area contributed by atoms with Gasteiger partial charge in [0.2, 0.25) is 5.91 Å². The molecule has 1 atom stereocenters. The van der Waals surface area contributed by atoms with Gasteiger partial charge in [0.05, 0.1) is 0 Å². The van der Waals surface area contributed by atoms with Gasteiger partial charge in [-0.2, -0.15) is 0 Å². The number of hydrogen-bond acceptors (Lipinski definition) is 1. The van der Waals surface area contributed by atoms with Crippen molar-refractivity contribution in [2.75, 3.05) is 16.8 Å². The average molecular weight is 296 g/mol. The average Bonchev–Trinajstić information content (AvgIpc) is 2.71. The van der Waals surface area contributed by atoms with E-state index >= 15 is 0 Å². The van der Waals surface area contributed by atoms with Crippen molar-refractivity contribution in [3.05, 3.63) is 29.8 Å². The van der Waals surface area contributed by atoms with Gasteiger partial charge in [0, 0.05) is 24.0 Å². The van der Waals surface area contributed by atoms with Gasteiger partial charge in [-0.1, -0.05) is 41.9 Å². The first-order valence-electron chi connectivity index (χ1n) is 6.08. The van der Waals surface area contributed by atoms with E-state index in [1.165, 1.54) is 5.56 Å². The van der Waals surface area contributed by atoms with Crippen molar-refractivity contribution in [2.24, 2.45) is 5.92 Å². The molecule has 0 N–H and O–H groups in total. The number of halogens is 1. The number of carbonyl (C=O) groups is 1. The molecular formula is C14H18BrNO. The molecular weight excluding hydrogens is 278 g/mol. The summed E-state index contributed by atoms with van der Waals surface area (Å²) in [5.74, 6) is 1.19. The van der Waals surface area contributed by atoms with Gasteiger partial charge in [-0.05, 0) is 29.5 Å². The molecule has 1 fully saturated rings. The quantitative estimate of drug-likeness (QED) is 0.781. The van der Waals surface area contributed by atoms with Gasteiger partial charge in [0.25, 0.3) is 0 Å². The summed E-state index contributed by atoms with van der Waals surface area (Å²) in [6.45, 7) is 5.18. The Morgan fingerprint density at radius 1 is 1.47 bits per heavy atom. The summed E-state index contributed by atoms with van der Waals surface area (Å²) >= 11 is 3.46. The van der Waals surface area contributed by atoms with Crippen LogP contribution in [0.15, 0.2) is 24.3 Å². The predicted molar refractivity (Wildman–Crippen MR) is 74.8 cm³/mol. The van der Waals surface area contributed by atoms with Gasteiger partial charge in [-0.15, -0.1) is 0 Å². The smallest absolute Gasteiger partial charge is 0.227 e. The number of amides is 1. The van der Waals surface area contributed by atoms with E-state index in [2.05, 4.69) is 41.9 Å². The van der Waals surface area contributed by atoms with Gasteiger partial charge in [-0.25, -0.2) is 0 Å². The van der Waals surface area contributed by atoms with Crippen LogP contribution in [0.1, 0.15) is 31.7 Å². The number of nitrogens with zero attached hydrogens (tertiary/aromatic N) is 1. The highest BCUT2D eigenvalue weighted by molar-refractivity contribution is 9.09. The van der Waals surface area contributed by atoms with Crippen LogP contribution in [0, 0.1) is 5.92 Å². The summed E-state index contributed by atoms with van der Waals surface area (Å²) < 4.78 is 0. The van der Waals surface area contributed by atoms with Gasteiger partial charge < -0.3 is 4.90 Å². The fraction of sp³-hybridized carbons (Fsp3) is 0.500. The molecule has 0 bridgehead atoms.